The zero-order valence-corrected chi connectivity index (χ0v) is 14.6. The fourth-order valence-electron chi connectivity index (χ4n) is 3.17. The highest BCUT2D eigenvalue weighted by molar-refractivity contribution is 5.45. The van der Waals surface area contributed by atoms with Crippen molar-refractivity contribution in [2.24, 2.45) is 0 Å². The van der Waals surface area contributed by atoms with E-state index in [4.69, 9.17) is 14.5 Å². The zero-order valence-electron chi connectivity index (χ0n) is 14.6. The first-order chi connectivity index (χ1) is 11.7. The van der Waals surface area contributed by atoms with Crippen LogP contribution in [0.1, 0.15) is 22.9 Å². The molecular formula is C19H25N3O2. The summed E-state index contributed by atoms with van der Waals surface area (Å²) >= 11 is 0. The lowest BCUT2D eigenvalue weighted by atomic mass is 9.98. The maximum atomic E-state index is 5.65. The van der Waals surface area contributed by atoms with E-state index in [0.717, 1.165) is 48.9 Å². The average Bonchev–Trinajstić information content (AvgIpc) is 2.64. The average molecular weight is 327 g/mol. The van der Waals surface area contributed by atoms with Gasteiger partial charge in [0.15, 0.2) is 0 Å². The van der Waals surface area contributed by atoms with E-state index in [2.05, 4.69) is 35.3 Å². The Morgan fingerprint density at radius 2 is 1.88 bits per heavy atom. The Labute approximate surface area is 143 Å². The molecule has 0 spiro atoms. The van der Waals surface area contributed by atoms with Gasteiger partial charge in [0.2, 0.25) is 0 Å². The van der Waals surface area contributed by atoms with Crippen molar-refractivity contribution in [2.45, 2.75) is 13.0 Å². The van der Waals surface area contributed by atoms with E-state index in [0.29, 0.717) is 0 Å². The van der Waals surface area contributed by atoms with Gasteiger partial charge in [-0.05, 0) is 30.7 Å². The number of ether oxygens (including phenoxy) is 2. The van der Waals surface area contributed by atoms with Crippen LogP contribution < -0.4 is 14.8 Å². The number of nitrogens with one attached hydrogen (secondary N) is 1. The summed E-state index contributed by atoms with van der Waals surface area (Å²) in [5, 5.41) is 3.42. The van der Waals surface area contributed by atoms with Crippen molar-refractivity contribution < 1.29 is 9.47 Å². The second-order valence-corrected chi connectivity index (χ2v) is 6.06. The van der Waals surface area contributed by atoms with Crippen LogP contribution in [0.25, 0.3) is 0 Å². The molecule has 1 saturated heterocycles. The molecule has 0 saturated carbocycles. The molecule has 0 amide bonds. The number of aryl methyl sites for hydroxylation is 1. The molecule has 1 fully saturated rings. The molecule has 1 aromatic carbocycles. The first kappa shape index (κ1) is 16.7. The van der Waals surface area contributed by atoms with E-state index in [9.17, 15) is 0 Å². The summed E-state index contributed by atoms with van der Waals surface area (Å²) in [4.78, 5) is 7.16. The van der Waals surface area contributed by atoms with Crippen LogP contribution in [0.3, 0.4) is 0 Å². The largest absolute Gasteiger partial charge is 0.497 e. The molecule has 5 nitrogen and oxygen atoms in total. The number of nitrogens with zero attached hydrogens (tertiary/aromatic N) is 2. The fourth-order valence-corrected chi connectivity index (χ4v) is 3.17. The number of rotatable bonds is 5. The number of benzene rings is 1. The molecule has 2 aromatic rings. The topological polar surface area (TPSA) is 46.6 Å². The molecule has 3 rings (SSSR count). The molecule has 0 aliphatic carbocycles. The van der Waals surface area contributed by atoms with Crippen LogP contribution in [0.15, 0.2) is 36.5 Å². The Morgan fingerprint density at radius 3 is 2.50 bits per heavy atom. The number of methoxy groups -OCH3 is 2. The van der Waals surface area contributed by atoms with Gasteiger partial charge >= 0.3 is 0 Å². The first-order valence-electron chi connectivity index (χ1n) is 8.32. The summed E-state index contributed by atoms with van der Waals surface area (Å²) < 4.78 is 11.0. The number of hydrogen-bond acceptors (Lipinski definition) is 5. The van der Waals surface area contributed by atoms with E-state index in [1.165, 1.54) is 5.56 Å². The van der Waals surface area contributed by atoms with Crippen LogP contribution in [-0.2, 0) is 0 Å². The molecule has 2 heterocycles. The van der Waals surface area contributed by atoms with Crippen molar-refractivity contribution in [3.8, 4) is 11.5 Å². The quantitative estimate of drug-likeness (QED) is 0.914. The molecule has 1 unspecified atom stereocenters. The van der Waals surface area contributed by atoms with E-state index in [1.54, 1.807) is 14.2 Å². The fraction of sp³-hybridized carbons (Fsp3) is 0.421. The summed E-state index contributed by atoms with van der Waals surface area (Å²) in [6.07, 6.45) is 1.93. The normalized spacial score (nSPS) is 16.6. The predicted molar refractivity (Wildman–Crippen MR) is 94.8 cm³/mol. The highest BCUT2D eigenvalue weighted by Gasteiger charge is 2.27. The van der Waals surface area contributed by atoms with Crippen LogP contribution in [0.5, 0.6) is 11.5 Å². The van der Waals surface area contributed by atoms with E-state index >= 15 is 0 Å². The zero-order chi connectivity index (χ0) is 16.9. The van der Waals surface area contributed by atoms with Crippen molar-refractivity contribution in [3.63, 3.8) is 0 Å². The summed E-state index contributed by atoms with van der Waals surface area (Å²) in [5.41, 5.74) is 3.34. The molecule has 0 radical (unpaired) electrons. The molecular weight excluding hydrogens is 302 g/mol. The standard InChI is InChI=1S/C19H25N3O2/c1-14-4-7-17(21-13-14)19(22-10-8-20-9-11-22)16-6-5-15(23-2)12-18(16)24-3/h4-7,12-13,19-20H,8-11H2,1-3H3. The molecule has 0 bridgehead atoms. The smallest absolute Gasteiger partial charge is 0.127 e. The molecule has 1 aliphatic heterocycles. The minimum Gasteiger partial charge on any atom is -0.497 e. The third kappa shape index (κ3) is 3.52. The lowest BCUT2D eigenvalue weighted by molar-refractivity contribution is 0.192. The molecule has 24 heavy (non-hydrogen) atoms. The van der Waals surface area contributed by atoms with Gasteiger partial charge in [0, 0.05) is 44.0 Å². The van der Waals surface area contributed by atoms with E-state index in [-0.39, 0.29) is 6.04 Å². The Morgan fingerprint density at radius 1 is 1.08 bits per heavy atom. The molecule has 1 N–H and O–H groups in total. The van der Waals surface area contributed by atoms with Crippen molar-refractivity contribution in [1.29, 1.82) is 0 Å². The molecule has 1 aromatic heterocycles. The summed E-state index contributed by atoms with van der Waals surface area (Å²) in [7, 11) is 3.37. The number of pyridine rings is 1. The second kappa shape index (κ2) is 7.64. The first-order valence-corrected chi connectivity index (χ1v) is 8.32. The van der Waals surface area contributed by atoms with Crippen molar-refractivity contribution in [2.75, 3.05) is 40.4 Å². The van der Waals surface area contributed by atoms with Crippen LogP contribution in [-0.4, -0.2) is 50.3 Å². The third-order valence-electron chi connectivity index (χ3n) is 4.47. The Kier molecular flexibility index (Phi) is 5.33. The monoisotopic (exact) mass is 327 g/mol. The molecule has 5 heteroatoms. The van der Waals surface area contributed by atoms with Gasteiger partial charge in [-0.15, -0.1) is 0 Å². The van der Waals surface area contributed by atoms with Crippen LogP contribution in [0.2, 0.25) is 0 Å². The van der Waals surface area contributed by atoms with Gasteiger partial charge in [0.05, 0.1) is 26.0 Å². The minimum atomic E-state index is 0.0774. The second-order valence-electron chi connectivity index (χ2n) is 6.06. The molecule has 1 aliphatic rings. The van der Waals surface area contributed by atoms with Gasteiger partial charge in [-0.25, -0.2) is 0 Å². The Hall–Kier alpha value is -2.11. The van der Waals surface area contributed by atoms with Crippen LogP contribution >= 0.6 is 0 Å². The predicted octanol–water partition coefficient (Wildman–Crippen LogP) is 2.40. The minimum absolute atomic E-state index is 0.0774. The van der Waals surface area contributed by atoms with Gasteiger partial charge in [-0.1, -0.05) is 6.07 Å². The lowest BCUT2D eigenvalue weighted by Crippen LogP contribution is -2.45. The van der Waals surface area contributed by atoms with Crippen molar-refractivity contribution in [3.05, 3.63) is 53.3 Å². The van der Waals surface area contributed by atoms with Gasteiger partial charge in [-0.3, -0.25) is 9.88 Å². The molecule has 128 valence electrons. The van der Waals surface area contributed by atoms with Crippen LogP contribution in [0.4, 0.5) is 0 Å². The Balaban J connectivity index is 2.05. The number of aromatic nitrogens is 1. The number of hydrogen-bond donors (Lipinski definition) is 1. The summed E-state index contributed by atoms with van der Waals surface area (Å²) in [6, 6.07) is 10.3. The van der Waals surface area contributed by atoms with Gasteiger partial charge in [0.25, 0.3) is 0 Å². The van der Waals surface area contributed by atoms with Crippen molar-refractivity contribution >= 4 is 0 Å². The maximum absolute atomic E-state index is 5.65. The lowest BCUT2D eigenvalue weighted by Gasteiger charge is -2.35. The Bertz CT molecular complexity index is 667. The van der Waals surface area contributed by atoms with Gasteiger partial charge in [-0.2, -0.15) is 0 Å². The summed E-state index contributed by atoms with van der Waals surface area (Å²) in [6.45, 7) is 6.00. The van der Waals surface area contributed by atoms with E-state index in [1.807, 2.05) is 18.3 Å². The SMILES string of the molecule is COc1ccc(C(c2ccc(C)cn2)N2CCNCC2)c(OC)c1. The van der Waals surface area contributed by atoms with Crippen molar-refractivity contribution in [1.82, 2.24) is 15.2 Å². The highest BCUT2D eigenvalue weighted by atomic mass is 16.5. The maximum Gasteiger partial charge on any atom is 0.127 e. The number of piperazine rings is 1. The van der Waals surface area contributed by atoms with Gasteiger partial charge in [0.1, 0.15) is 11.5 Å². The van der Waals surface area contributed by atoms with E-state index < -0.39 is 0 Å². The van der Waals surface area contributed by atoms with Crippen LogP contribution in [0, 0.1) is 6.92 Å². The molecule has 1 atom stereocenters. The summed E-state index contributed by atoms with van der Waals surface area (Å²) in [5.74, 6) is 1.63. The van der Waals surface area contributed by atoms with Gasteiger partial charge < -0.3 is 14.8 Å². The highest BCUT2D eigenvalue weighted by Crippen LogP contribution is 2.36. The third-order valence-corrected chi connectivity index (χ3v) is 4.47.